The van der Waals surface area contributed by atoms with Crippen molar-refractivity contribution in [2.75, 3.05) is 13.7 Å². The lowest BCUT2D eigenvalue weighted by atomic mass is 10.2. The number of rotatable bonds is 9. The first-order valence-electron chi connectivity index (χ1n) is 8.82. The first-order valence-corrected chi connectivity index (χ1v) is 8.82. The molecule has 2 rings (SSSR count). The van der Waals surface area contributed by atoms with Crippen LogP contribution in [0.1, 0.15) is 25.8 Å². The number of aryl methyl sites for hydroxylation is 1. The van der Waals surface area contributed by atoms with E-state index in [0.29, 0.717) is 18.8 Å². The van der Waals surface area contributed by atoms with Crippen molar-refractivity contribution in [3.63, 3.8) is 0 Å². The molecule has 2 aromatic rings. The molecule has 0 aliphatic rings. The van der Waals surface area contributed by atoms with Gasteiger partial charge in [0.2, 0.25) is 0 Å². The lowest BCUT2D eigenvalue weighted by molar-refractivity contribution is -0.128. The molecule has 0 aromatic heterocycles. The average molecular weight is 357 g/mol. The highest BCUT2D eigenvalue weighted by Crippen LogP contribution is 2.17. The quantitative estimate of drug-likeness (QED) is 0.743. The summed E-state index contributed by atoms with van der Waals surface area (Å²) in [5.41, 5.74) is 1.15. The summed E-state index contributed by atoms with van der Waals surface area (Å²) in [7, 11) is 1.62. The van der Waals surface area contributed by atoms with E-state index in [1.165, 1.54) is 0 Å². The Kier molecular flexibility index (Phi) is 7.33. The van der Waals surface area contributed by atoms with Gasteiger partial charge in [-0.3, -0.25) is 4.79 Å². The first-order chi connectivity index (χ1) is 12.5. The van der Waals surface area contributed by atoms with Gasteiger partial charge in [0.25, 0.3) is 5.91 Å². The van der Waals surface area contributed by atoms with Gasteiger partial charge in [-0.25, -0.2) is 0 Å². The number of hydrogen-bond donors (Lipinski definition) is 1. The van der Waals surface area contributed by atoms with Crippen LogP contribution < -0.4 is 19.5 Å². The molecule has 0 aliphatic carbocycles. The number of benzene rings is 2. The van der Waals surface area contributed by atoms with E-state index >= 15 is 0 Å². The highest BCUT2D eigenvalue weighted by molar-refractivity contribution is 5.81. The van der Waals surface area contributed by atoms with Crippen molar-refractivity contribution in [2.24, 2.45) is 0 Å². The van der Waals surface area contributed by atoms with Gasteiger partial charge in [0.05, 0.1) is 13.2 Å². The van der Waals surface area contributed by atoms with Crippen LogP contribution in [0.2, 0.25) is 0 Å². The zero-order valence-electron chi connectivity index (χ0n) is 15.8. The van der Waals surface area contributed by atoms with E-state index in [1.54, 1.807) is 7.11 Å². The maximum atomic E-state index is 12.4. The molecule has 0 radical (unpaired) electrons. The molecular formula is C21H27NO4. The van der Waals surface area contributed by atoms with E-state index < -0.39 is 6.10 Å². The van der Waals surface area contributed by atoms with Crippen molar-refractivity contribution >= 4 is 5.91 Å². The van der Waals surface area contributed by atoms with Crippen molar-refractivity contribution in [3.8, 4) is 17.2 Å². The van der Waals surface area contributed by atoms with Crippen LogP contribution in [0.3, 0.4) is 0 Å². The molecule has 0 unspecified atom stereocenters. The van der Waals surface area contributed by atoms with Crippen LogP contribution in [0.5, 0.6) is 17.2 Å². The monoisotopic (exact) mass is 357 g/mol. The minimum Gasteiger partial charge on any atom is -0.497 e. The Morgan fingerprint density at radius 1 is 1.00 bits per heavy atom. The predicted molar refractivity (Wildman–Crippen MR) is 102 cm³/mol. The first kappa shape index (κ1) is 19.6. The fraction of sp³-hybridized carbons (Fsp3) is 0.381. The highest BCUT2D eigenvalue weighted by atomic mass is 16.5. The van der Waals surface area contributed by atoms with Gasteiger partial charge in [-0.2, -0.15) is 0 Å². The Morgan fingerprint density at radius 2 is 1.58 bits per heavy atom. The van der Waals surface area contributed by atoms with E-state index in [9.17, 15) is 4.79 Å². The second kappa shape index (κ2) is 9.70. The summed E-state index contributed by atoms with van der Waals surface area (Å²) < 4.78 is 16.6. The molecule has 26 heavy (non-hydrogen) atoms. The number of hydrogen-bond acceptors (Lipinski definition) is 4. The summed E-state index contributed by atoms with van der Waals surface area (Å²) in [4.78, 5) is 12.4. The second-order valence-electron chi connectivity index (χ2n) is 6.22. The highest BCUT2D eigenvalue weighted by Gasteiger charge is 2.20. The number of carbonyl (C=O) groups excluding carboxylic acids is 1. The molecule has 0 aliphatic heterocycles. The number of ether oxygens (including phenoxy) is 3. The molecule has 0 fully saturated rings. The SMILES string of the molecule is CC[C@@H](Oc1ccc(C)cc1)C(=O)N[C@H](C)COc1ccc(OC)cc1. The molecule has 0 saturated heterocycles. The molecule has 5 heteroatoms. The summed E-state index contributed by atoms with van der Waals surface area (Å²) in [6.45, 7) is 6.22. The summed E-state index contributed by atoms with van der Waals surface area (Å²) >= 11 is 0. The lowest BCUT2D eigenvalue weighted by Gasteiger charge is -2.21. The molecule has 0 saturated carbocycles. The number of amides is 1. The van der Waals surface area contributed by atoms with E-state index in [1.807, 2.05) is 69.3 Å². The molecule has 140 valence electrons. The van der Waals surface area contributed by atoms with E-state index in [0.717, 1.165) is 17.1 Å². The van der Waals surface area contributed by atoms with Gasteiger partial charge in [-0.15, -0.1) is 0 Å². The Hall–Kier alpha value is -2.69. The maximum Gasteiger partial charge on any atom is 0.261 e. The Bertz CT molecular complexity index is 682. The van der Waals surface area contributed by atoms with Crippen LogP contribution in [0.15, 0.2) is 48.5 Å². The molecule has 0 spiro atoms. The third kappa shape index (κ3) is 5.99. The van der Waals surface area contributed by atoms with Crippen LogP contribution in [-0.2, 0) is 4.79 Å². The van der Waals surface area contributed by atoms with Crippen molar-refractivity contribution in [1.29, 1.82) is 0 Å². The number of methoxy groups -OCH3 is 1. The molecule has 1 amide bonds. The Balaban J connectivity index is 1.82. The fourth-order valence-corrected chi connectivity index (χ4v) is 2.37. The number of carbonyl (C=O) groups is 1. The summed E-state index contributed by atoms with van der Waals surface area (Å²) in [6, 6.07) is 14.9. The molecule has 2 aromatic carbocycles. The van der Waals surface area contributed by atoms with Gasteiger partial charge in [-0.1, -0.05) is 24.6 Å². The third-order valence-electron chi connectivity index (χ3n) is 3.91. The van der Waals surface area contributed by atoms with E-state index in [4.69, 9.17) is 14.2 Å². The van der Waals surface area contributed by atoms with Gasteiger partial charge in [0.1, 0.15) is 23.9 Å². The zero-order chi connectivity index (χ0) is 18.9. The molecule has 0 bridgehead atoms. The Labute approximate surface area is 155 Å². The minimum absolute atomic E-state index is 0.139. The van der Waals surface area contributed by atoms with Crippen LogP contribution in [-0.4, -0.2) is 31.8 Å². The predicted octanol–water partition coefficient (Wildman–Crippen LogP) is 3.74. The molecule has 0 heterocycles. The fourth-order valence-electron chi connectivity index (χ4n) is 2.37. The largest absolute Gasteiger partial charge is 0.497 e. The van der Waals surface area contributed by atoms with Crippen LogP contribution in [0.25, 0.3) is 0 Å². The van der Waals surface area contributed by atoms with Crippen LogP contribution >= 0.6 is 0 Å². The summed E-state index contributed by atoms with van der Waals surface area (Å²) in [5.74, 6) is 2.06. The average Bonchev–Trinajstić information content (AvgIpc) is 2.66. The van der Waals surface area contributed by atoms with Gasteiger partial charge >= 0.3 is 0 Å². The summed E-state index contributed by atoms with van der Waals surface area (Å²) in [5, 5.41) is 2.94. The van der Waals surface area contributed by atoms with Gasteiger partial charge < -0.3 is 19.5 Å². The third-order valence-corrected chi connectivity index (χ3v) is 3.91. The van der Waals surface area contributed by atoms with Crippen molar-refractivity contribution in [2.45, 2.75) is 39.3 Å². The molecule has 5 nitrogen and oxygen atoms in total. The normalized spacial score (nSPS) is 12.8. The lowest BCUT2D eigenvalue weighted by Crippen LogP contribution is -2.44. The van der Waals surface area contributed by atoms with Gasteiger partial charge in [0.15, 0.2) is 6.10 Å². The van der Waals surface area contributed by atoms with Gasteiger partial charge in [-0.05, 0) is 56.7 Å². The smallest absolute Gasteiger partial charge is 0.261 e. The van der Waals surface area contributed by atoms with Gasteiger partial charge in [0, 0.05) is 0 Å². The van der Waals surface area contributed by atoms with Crippen molar-refractivity contribution in [1.82, 2.24) is 5.32 Å². The molecular weight excluding hydrogens is 330 g/mol. The standard InChI is InChI=1S/C21H27NO4/c1-5-20(26-19-8-6-15(2)7-9-19)21(23)22-16(3)14-25-18-12-10-17(24-4)11-13-18/h6-13,16,20H,5,14H2,1-4H3,(H,22,23)/t16-,20-/m1/s1. The van der Waals surface area contributed by atoms with Crippen molar-refractivity contribution in [3.05, 3.63) is 54.1 Å². The van der Waals surface area contributed by atoms with Crippen molar-refractivity contribution < 1.29 is 19.0 Å². The van der Waals surface area contributed by atoms with Crippen LogP contribution in [0, 0.1) is 6.92 Å². The molecule has 2 atom stereocenters. The maximum absolute atomic E-state index is 12.4. The topological polar surface area (TPSA) is 56.8 Å². The minimum atomic E-state index is -0.527. The van der Waals surface area contributed by atoms with E-state index in [2.05, 4.69) is 5.32 Å². The number of nitrogens with one attached hydrogen (secondary N) is 1. The molecule has 1 N–H and O–H groups in total. The van der Waals surface area contributed by atoms with E-state index in [-0.39, 0.29) is 11.9 Å². The van der Waals surface area contributed by atoms with Crippen LogP contribution in [0.4, 0.5) is 0 Å². The second-order valence-corrected chi connectivity index (χ2v) is 6.22. The summed E-state index contributed by atoms with van der Waals surface area (Å²) in [6.07, 6.45) is 0.0623. The Morgan fingerprint density at radius 3 is 2.15 bits per heavy atom. The zero-order valence-corrected chi connectivity index (χ0v) is 15.8.